The summed E-state index contributed by atoms with van der Waals surface area (Å²) in [5, 5.41) is 3.25. The fourth-order valence-electron chi connectivity index (χ4n) is 7.43. The highest BCUT2D eigenvalue weighted by atomic mass is 16.3. The van der Waals surface area contributed by atoms with E-state index in [2.05, 4.69) is 182 Å². The van der Waals surface area contributed by atoms with Crippen LogP contribution in [0, 0.1) is 0 Å². The van der Waals surface area contributed by atoms with Crippen molar-refractivity contribution in [2.45, 2.75) is 0 Å². The Morgan fingerprint density at radius 1 is 0.340 bits per heavy atom. The lowest BCUT2D eigenvalue weighted by molar-refractivity contribution is 0.667. The van der Waals surface area contributed by atoms with Crippen LogP contribution in [0.2, 0.25) is 0 Å². The lowest BCUT2D eigenvalue weighted by atomic mass is 9.97. The van der Waals surface area contributed by atoms with Gasteiger partial charge in [0.1, 0.15) is 16.8 Å². The molecule has 10 aromatic rings. The summed E-state index contributed by atoms with van der Waals surface area (Å²) in [6.45, 7) is 0. The minimum atomic E-state index is 0.653. The summed E-state index contributed by atoms with van der Waals surface area (Å²) in [5.41, 5.74) is 14.2. The summed E-state index contributed by atoms with van der Waals surface area (Å²) in [5.74, 6) is 0.653. The van der Waals surface area contributed by atoms with E-state index in [0.717, 1.165) is 66.3 Å². The molecule has 3 heteroatoms. The van der Waals surface area contributed by atoms with E-state index in [1.54, 1.807) is 0 Å². The van der Waals surface area contributed by atoms with Gasteiger partial charge in [-0.05, 0) is 85.6 Å². The van der Waals surface area contributed by atoms with Gasteiger partial charge in [0.25, 0.3) is 0 Å². The first-order valence-corrected chi connectivity index (χ1v) is 17.9. The van der Waals surface area contributed by atoms with Crippen molar-refractivity contribution in [3.63, 3.8) is 0 Å². The standard InChI is InChI=1S/C50H32N2O/c1-3-13-33(14-4-1)36-18-9-20-38(29-36)40-22-11-24-42(31-40)47-49-48(46-44-26-8-7-17-35(44)27-28-45(46)53-49)52-50(51-47)43-25-12-23-41(32-43)39-21-10-19-37(30-39)34-15-5-2-6-16-34/h1-32H. The van der Waals surface area contributed by atoms with Crippen LogP contribution < -0.4 is 0 Å². The van der Waals surface area contributed by atoms with E-state index in [4.69, 9.17) is 14.4 Å². The van der Waals surface area contributed by atoms with Crippen molar-refractivity contribution >= 4 is 32.8 Å². The number of benzene rings is 8. The van der Waals surface area contributed by atoms with Crippen molar-refractivity contribution in [2.24, 2.45) is 0 Å². The highest BCUT2D eigenvalue weighted by molar-refractivity contribution is 6.19. The Morgan fingerprint density at radius 3 is 1.40 bits per heavy atom. The van der Waals surface area contributed by atoms with Gasteiger partial charge in [0, 0.05) is 11.1 Å². The summed E-state index contributed by atoms with van der Waals surface area (Å²) in [6, 6.07) is 68.1. The molecule has 0 aliphatic rings. The molecule has 8 aromatic carbocycles. The molecule has 0 spiro atoms. The van der Waals surface area contributed by atoms with Gasteiger partial charge in [-0.3, -0.25) is 0 Å². The van der Waals surface area contributed by atoms with Gasteiger partial charge in [-0.1, -0.05) is 164 Å². The largest absolute Gasteiger partial charge is 0.452 e. The number of furan rings is 1. The number of aromatic nitrogens is 2. The number of rotatable bonds is 6. The third-order valence-electron chi connectivity index (χ3n) is 10.1. The number of fused-ring (bicyclic) bond motifs is 5. The lowest BCUT2D eigenvalue weighted by Crippen LogP contribution is -1.95. The van der Waals surface area contributed by atoms with E-state index in [9.17, 15) is 0 Å². The van der Waals surface area contributed by atoms with Crippen LogP contribution >= 0.6 is 0 Å². The van der Waals surface area contributed by atoms with Crippen molar-refractivity contribution in [2.75, 3.05) is 0 Å². The second-order valence-corrected chi connectivity index (χ2v) is 13.4. The van der Waals surface area contributed by atoms with E-state index in [1.165, 1.54) is 22.3 Å². The molecule has 0 unspecified atom stereocenters. The van der Waals surface area contributed by atoms with Crippen LogP contribution in [0.4, 0.5) is 0 Å². The molecule has 0 aliphatic carbocycles. The van der Waals surface area contributed by atoms with Crippen LogP contribution in [0.1, 0.15) is 0 Å². The number of hydrogen-bond donors (Lipinski definition) is 0. The predicted molar refractivity (Wildman–Crippen MR) is 219 cm³/mol. The molecule has 0 N–H and O–H groups in total. The highest BCUT2D eigenvalue weighted by Gasteiger charge is 2.20. The Morgan fingerprint density at radius 2 is 0.792 bits per heavy atom. The zero-order chi connectivity index (χ0) is 35.1. The van der Waals surface area contributed by atoms with Crippen LogP contribution in [0.5, 0.6) is 0 Å². The van der Waals surface area contributed by atoms with Crippen LogP contribution in [-0.4, -0.2) is 9.97 Å². The Labute approximate surface area is 307 Å². The predicted octanol–water partition coefficient (Wildman–Crippen LogP) is 13.5. The topological polar surface area (TPSA) is 38.9 Å². The molecule has 0 aliphatic heterocycles. The molecular weight excluding hydrogens is 645 g/mol. The van der Waals surface area contributed by atoms with E-state index in [1.807, 2.05) is 12.1 Å². The molecular formula is C50H32N2O. The van der Waals surface area contributed by atoms with Crippen LogP contribution in [0.25, 0.3) is 100.0 Å². The molecule has 0 saturated carbocycles. The van der Waals surface area contributed by atoms with Gasteiger partial charge in [0.2, 0.25) is 0 Å². The Hall–Kier alpha value is -7.10. The van der Waals surface area contributed by atoms with Gasteiger partial charge in [-0.2, -0.15) is 0 Å². The molecule has 2 aromatic heterocycles. The van der Waals surface area contributed by atoms with Crippen LogP contribution in [-0.2, 0) is 0 Å². The van der Waals surface area contributed by atoms with Crippen molar-refractivity contribution in [3.05, 3.63) is 194 Å². The summed E-state index contributed by atoms with van der Waals surface area (Å²) < 4.78 is 6.68. The second-order valence-electron chi connectivity index (χ2n) is 13.4. The molecule has 3 nitrogen and oxygen atoms in total. The zero-order valence-corrected chi connectivity index (χ0v) is 28.8. The minimum Gasteiger partial charge on any atom is -0.452 e. The SMILES string of the molecule is c1ccc(-c2cccc(-c3cccc(-c4nc(-c5cccc(-c6cccc(-c7ccccc7)c6)c5)c5oc6ccc7ccccc7c6c5n4)c3)c2)cc1. The Balaban J connectivity index is 1.15. The summed E-state index contributed by atoms with van der Waals surface area (Å²) in [6.07, 6.45) is 0. The summed E-state index contributed by atoms with van der Waals surface area (Å²) in [4.78, 5) is 10.6. The molecule has 0 bridgehead atoms. The molecule has 0 atom stereocenters. The monoisotopic (exact) mass is 676 g/mol. The van der Waals surface area contributed by atoms with Gasteiger partial charge in [-0.25, -0.2) is 9.97 Å². The first-order chi connectivity index (χ1) is 26.2. The fraction of sp³-hybridized carbons (Fsp3) is 0. The van der Waals surface area contributed by atoms with Crippen molar-refractivity contribution in [3.8, 4) is 67.2 Å². The molecule has 0 saturated heterocycles. The van der Waals surface area contributed by atoms with Gasteiger partial charge < -0.3 is 4.42 Å². The zero-order valence-electron chi connectivity index (χ0n) is 28.8. The van der Waals surface area contributed by atoms with E-state index in [0.29, 0.717) is 11.4 Å². The average molecular weight is 677 g/mol. The Kier molecular flexibility index (Phi) is 7.47. The van der Waals surface area contributed by atoms with Crippen LogP contribution in [0.3, 0.4) is 0 Å². The summed E-state index contributed by atoms with van der Waals surface area (Å²) >= 11 is 0. The lowest BCUT2D eigenvalue weighted by Gasteiger charge is -2.11. The quantitative estimate of drug-likeness (QED) is 0.176. The van der Waals surface area contributed by atoms with Crippen molar-refractivity contribution in [1.82, 2.24) is 9.97 Å². The van der Waals surface area contributed by atoms with E-state index in [-0.39, 0.29) is 0 Å². The normalized spacial score (nSPS) is 11.4. The number of nitrogens with zero attached hydrogens (tertiary/aromatic N) is 2. The molecule has 0 fully saturated rings. The summed E-state index contributed by atoms with van der Waals surface area (Å²) in [7, 11) is 0. The number of hydrogen-bond acceptors (Lipinski definition) is 3. The minimum absolute atomic E-state index is 0.653. The molecule has 2 heterocycles. The van der Waals surface area contributed by atoms with Crippen molar-refractivity contribution < 1.29 is 4.42 Å². The molecule has 248 valence electrons. The maximum Gasteiger partial charge on any atom is 0.180 e. The third kappa shape index (κ3) is 5.65. The maximum atomic E-state index is 6.68. The molecule has 53 heavy (non-hydrogen) atoms. The van der Waals surface area contributed by atoms with Gasteiger partial charge in [-0.15, -0.1) is 0 Å². The first kappa shape index (κ1) is 30.7. The smallest absolute Gasteiger partial charge is 0.180 e. The first-order valence-electron chi connectivity index (χ1n) is 17.9. The molecule has 0 radical (unpaired) electrons. The fourth-order valence-corrected chi connectivity index (χ4v) is 7.43. The molecule has 0 amide bonds. The van der Waals surface area contributed by atoms with Crippen molar-refractivity contribution in [1.29, 1.82) is 0 Å². The van der Waals surface area contributed by atoms with Gasteiger partial charge in [0.15, 0.2) is 11.4 Å². The van der Waals surface area contributed by atoms with E-state index >= 15 is 0 Å². The third-order valence-corrected chi connectivity index (χ3v) is 10.1. The second kappa shape index (κ2) is 12.9. The average Bonchev–Trinajstić information content (AvgIpc) is 3.63. The maximum absolute atomic E-state index is 6.68. The highest BCUT2D eigenvalue weighted by Crippen LogP contribution is 2.40. The Bertz CT molecular complexity index is 2950. The molecule has 10 rings (SSSR count). The van der Waals surface area contributed by atoms with E-state index < -0.39 is 0 Å². The van der Waals surface area contributed by atoms with Crippen LogP contribution in [0.15, 0.2) is 199 Å². The van der Waals surface area contributed by atoms with Gasteiger partial charge >= 0.3 is 0 Å². The van der Waals surface area contributed by atoms with Gasteiger partial charge in [0.05, 0.1) is 5.39 Å².